The van der Waals surface area contributed by atoms with Crippen LogP contribution in [0.2, 0.25) is 0 Å². The predicted molar refractivity (Wildman–Crippen MR) is 79.3 cm³/mol. The van der Waals surface area contributed by atoms with Gasteiger partial charge < -0.3 is 16.0 Å². The minimum absolute atomic E-state index is 0.0621. The first-order valence-corrected chi connectivity index (χ1v) is 6.57. The molecule has 0 aliphatic heterocycles. The number of rotatable bonds is 5. The van der Waals surface area contributed by atoms with Gasteiger partial charge in [0.25, 0.3) is 0 Å². The first-order chi connectivity index (χ1) is 9.55. The van der Waals surface area contributed by atoms with Crippen LogP contribution in [0.25, 0.3) is 0 Å². The van der Waals surface area contributed by atoms with Crippen molar-refractivity contribution >= 4 is 17.6 Å². The van der Waals surface area contributed by atoms with Gasteiger partial charge in [-0.1, -0.05) is 13.0 Å². The molecular weight excluding hydrogens is 259 g/mol. The molecule has 0 bridgehead atoms. The molecule has 1 unspecified atom stereocenters. The summed E-state index contributed by atoms with van der Waals surface area (Å²) >= 11 is 0. The van der Waals surface area contributed by atoms with E-state index in [0.29, 0.717) is 11.6 Å². The molecule has 1 amide bonds. The topological polar surface area (TPSA) is 65.5 Å². The predicted octanol–water partition coefficient (Wildman–Crippen LogP) is 1.73. The van der Waals surface area contributed by atoms with Crippen LogP contribution >= 0.6 is 0 Å². The molecule has 0 radical (unpaired) electrons. The minimum atomic E-state index is -0.384. The van der Waals surface area contributed by atoms with Crippen molar-refractivity contribution in [3.05, 3.63) is 30.1 Å². The summed E-state index contributed by atoms with van der Waals surface area (Å²) in [5, 5.41) is 8.65. The molecule has 0 aliphatic carbocycles. The molecule has 3 N–H and O–H groups in total. The van der Waals surface area contributed by atoms with Gasteiger partial charge >= 0.3 is 0 Å². The van der Waals surface area contributed by atoms with Crippen molar-refractivity contribution in [2.75, 3.05) is 18.9 Å². The van der Waals surface area contributed by atoms with E-state index in [1.807, 2.05) is 6.92 Å². The minimum Gasteiger partial charge on any atom is -0.354 e. The van der Waals surface area contributed by atoms with Crippen LogP contribution < -0.4 is 16.0 Å². The molecule has 0 aliphatic rings. The second kappa shape index (κ2) is 8.14. The van der Waals surface area contributed by atoms with E-state index in [4.69, 9.17) is 0 Å². The molecule has 1 aromatic carbocycles. The highest BCUT2D eigenvalue weighted by molar-refractivity contribution is 5.94. The average Bonchev–Trinajstić information content (AvgIpc) is 2.43. The fourth-order valence-electron chi connectivity index (χ4n) is 1.47. The number of carbonyl (C=O) groups is 1. The first kappa shape index (κ1) is 15.9. The van der Waals surface area contributed by atoms with Gasteiger partial charge in [0.2, 0.25) is 5.91 Å². The zero-order valence-electron chi connectivity index (χ0n) is 12.0. The number of anilines is 1. The first-order valence-electron chi connectivity index (χ1n) is 6.57. The van der Waals surface area contributed by atoms with E-state index >= 15 is 0 Å². The van der Waals surface area contributed by atoms with E-state index in [1.165, 1.54) is 12.1 Å². The molecule has 110 valence electrons. The molecule has 5 nitrogen and oxygen atoms in total. The maximum atomic E-state index is 13.0. The van der Waals surface area contributed by atoms with E-state index in [1.54, 1.807) is 19.2 Å². The summed E-state index contributed by atoms with van der Waals surface area (Å²) in [5.41, 5.74) is 0.432. The van der Waals surface area contributed by atoms with Crippen molar-refractivity contribution in [3.63, 3.8) is 0 Å². The number of aliphatic imine (C=N–C) groups is 1. The Morgan fingerprint density at radius 2 is 2.20 bits per heavy atom. The maximum Gasteiger partial charge on any atom is 0.243 e. The number of benzene rings is 1. The van der Waals surface area contributed by atoms with Crippen LogP contribution in [0.4, 0.5) is 10.1 Å². The number of nitrogens with zero attached hydrogens (tertiary/aromatic N) is 1. The average molecular weight is 280 g/mol. The molecule has 0 spiro atoms. The van der Waals surface area contributed by atoms with Gasteiger partial charge in [-0.2, -0.15) is 0 Å². The van der Waals surface area contributed by atoms with Crippen LogP contribution in [0, 0.1) is 5.82 Å². The van der Waals surface area contributed by atoms with Crippen molar-refractivity contribution in [1.29, 1.82) is 0 Å². The third kappa shape index (κ3) is 5.69. The van der Waals surface area contributed by atoms with E-state index in [0.717, 1.165) is 6.42 Å². The largest absolute Gasteiger partial charge is 0.354 e. The lowest BCUT2D eigenvalue weighted by Gasteiger charge is -2.16. The lowest BCUT2D eigenvalue weighted by molar-refractivity contribution is -0.115. The van der Waals surface area contributed by atoms with Gasteiger partial charge in [0, 0.05) is 18.8 Å². The Morgan fingerprint density at radius 1 is 1.45 bits per heavy atom. The van der Waals surface area contributed by atoms with Gasteiger partial charge in [0.05, 0.1) is 6.54 Å². The molecule has 1 rings (SSSR count). The Labute approximate surface area is 118 Å². The molecule has 20 heavy (non-hydrogen) atoms. The molecular formula is C14H21FN4O. The van der Waals surface area contributed by atoms with Crippen molar-refractivity contribution in [3.8, 4) is 0 Å². The molecule has 6 heteroatoms. The van der Waals surface area contributed by atoms with Crippen LogP contribution in [-0.4, -0.2) is 31.5 Å². The van der Waals surface area contributed by atoms with Crippen molar-refractivity contribution < 1.29 is 9.18 Å². The lowest BCUT2D eigenvalue weighted by atomic mass is 10.3. The van der Waals surface area contributed by atoms with Crippen molar-refractivity contribution in [2.45, 2.75) is 26.3 Å². The summed E-state index contributed by atoms with van der Waals surface area (Å²) in [6, 6.07) is 6.04. The SMILES string of the molecule is CCC(C)NC(=NC)NCC(=O)Nc1cccc(F)c1. The zero-order chi connectivity index (χ0) is 15.0. The summed E-state index contributed by atoms with van der Waals surface area (Å²) in [6.45, 7) is 4.15. The highest BCUT2D eigenvalue weighted by Gasteiger charge is 2.06. The summed E-state index contributed by atoms with van der Waals surface area (Å²) in [4.78, 5) is 15.7. The van der Waals surface area contributed by atoms with Crippen LogP contribution in [0.3, 0.4) is 0 Å². The number of nitrogens with one attached hydrogen (secondary N) is 3. The standard InChI is InChI=1S/C14H21FN4O/c1-4-10(2)18-14(16-3)17-9-13(20)19-12-7-5-6-11(15)8-12/h5-8,10H,4,9H2,1-3H3,(H,19,20)(H2,16,17,18). The number of amides is 1. The van der Waals surface area contributed by atoms with E-state index in [2.05, 4.69) is 27.9 Å². The number of guanidine groups is 1. The molecule has 0 fully saturated rings. The van der Waals surface area contributed by atoms with Gasteiger partial charge in [0.1, 0.15) is 5.82 Å². The Bertz CT molecular complexity index is 476. The molecule has 0 saturated heterocycles. The Kier molecular flexibility index (Phi) is 6.49. The van der Waals surface area contributed by atoms with Gasteiger partial charge in [-0.3, -0.25) is 9.79 Å². The van der Waals surface area contributed by atoms with Crippen LogP contribution in [-0.2, 0) is 4.79 Å². The molecule has 0 aromatic heterocycles. The molecule has 1 atom stereocenters. The quantitative estimate of drug-likeness (QED) is 0.568. The fourth-order valence-corrected chi connectivity index (χ4v) is 1.47. The van der Waals surface area contributed by atoms with E-state index < -0.39 is 0 Å². The van der Waals surface area contributed by atoms with Gasteiger partial charge in [-0.15, -0.1) is 0 Å². The van der Waals surface area contributed by atoms with Crippen LogP contribution in [0.1, 0.15) is 20.3 Å². The fraction of sp³-hybridized carbons (Fsp3) is 0.429. The van der Waals surface area contributed by atoms with Gasteiger partial charge in [-0.25, -0.2) is 4.39 Å². The van der Waals surface area contributed by atoms with Crippen LogP contribution in [0.5, 0.6) is 0 Å². The molecule has 1 aromatic rings. The highest BCUT2D eigenvalue weighted by Crippen LogP contribution is 2.08. The molecule has 0 saturated carbocycles. The maximum absolute atomic E-state index is 13.0. The highest BCUT2D eigenvalue weighted by atomic mass is 19.1. The Hall–Kier alpha value is -2.11. The Morgan fingerprint density at radius 3 is 2.80 bits per heavy atom. The van der Waals surface area contributed by atoms with Gasteiger partial charge in [0.15, 0.2) is 5.96 Å². The zero-order valence-corrected chi connectivity index (χ0v) is 12.0. The van der Waals surface area contributed by atoms with Crippen molar-refractivity contribution in [2.24, 2.45) is 4.99 Å². The molecule has 0 heterocycles. The van der Waals surface area contributed by atoms with E-state index in [9.17, 15) is 9.18 Å². The third-order valence-electron chi connectivity index (χ3n) is 2.74. The van der Waals surface area contributed by atoms with Crippen LogP contribution in [0.15, 0.2) is 29.3 Å². The summed E-state index contributed by atoms with van der Waals surface area (Å²) in [6.07, 6.45) is 0.955. The van der Waals surface area contributed by atoms with Crippen molar-refractivity contribution in [1.82, 2.24) is 10.6 Å². The lowest BCUT2D eigenvalue weighted by Crippen LogP contribution is -2.44. The smallest absolute Gasteiger partial charge is 0.243 e. The summed E-state index contributed by atoms with van der Waals surface area (Å²) in [5.74, 6) is -0.0820. The normalized spacial score (nSPS) is 12.7. The second-order valence-corrected chi connectivity index (χ2v) is 4.44. The second-order valence-electron chi connectivity index (χ2n) is 4.44. The number of halogens is 1. The third-order valence-corrected chi connectivity index (χ3v) is 2.74. The number of carbonyl (C=O) groups excluding carboxylic acids is 1. The number of hydrogen-bond acceptors (Lipinski definition) is 2. The number of hydrogen-bond donors (Lipinski definition) is 3. The Balaban J connectivity index is 2.42. The van der Waals surface area contributed by atoms with Gasteiger partial charge in [-0.05, 0) is 31.5 Å². The summed E-state index contributed by atoms with van der Waals surface area (Å²) in [7, 11) is 1.64. The van der Waals surface area contributed by atoms with E-state index in [-0.39, 0.29) is 24.3 Å². The monoisotopic (exact) mass is 280 g/mol. The summed E-state index contributed by atoms with van der Waals surface area (Å²) < 4.78 is 13.0.